The minimum absolute atomic E-state index is 0.189. The number of aromatic amines is 1. The summed E-state index contributed by atoms with van der Waals surface area (Å²) in [5.74, 6) is -0.921. The first-order chi connectivity index (χ1) is 9.08. The Bertz CT molecular complexity index is 838. The number of H-pyrrole nitrogens is 1. The summed E-state index contributed by atoms with van der Waals surface area (Å²) in [6.45, 7) is 0. The lowest BCUT2D eigenvalue weighted by molar-refractivity contribution is 0.619. The summed E-state index contributed by atoms with van der Waals surface area (Å²) in [5.41, 5.74) is 0.896. The van der Waals surface area contributed by atoms with Crippen molar-refractivity contribution in [2.75, 3.05) is 0 Å². The molecule has 0 spiro atoms. The molecule has 0 bridgehead atoms. The summed E-state index contributed by atoms with van der Waals surface area (Å²) in [6.07, 6.45) is 0. The zero-order valence-corrected chi connectivity index (χ0v) is 11.0. The largest absolute Gasteiger partial charge is 0.328 e. The molecule has 0 amide bonds. The number of aromatic nitrogens is 2. The fraction of sp³-hybridized carbons (Fsp3) is 0. The first-order valence-electron chi connectivity index (χ1n) is 5.42. The van der Waals surface area contributed by atoms with Crippen LogP contribution < -0.4 is 0 Å². The van der Waals surface area contributed by atoms with E-state index in [2.05, 4.69) is 4.98 Å². The van der Waals surface area contributed by atoms with Crippen LogP contribution in [0.4, 0.5) is 8.78 Å². The van der Waals surface area contributed by atoms with Crippen molar-refractivity contribution in [1.29, 1.82) is 0 Å². The van der Waals surface area contributed by atoms with Gasteiger partial charge in [-0.3, -0.25) is 4.57 Å². The van der Waals surface area contributed by atoms with Gasteiger partial charge in [0.1, 0.15) is 17.2 Å². The van der Waals surface area contributed by atoms with Crippen LogP contribution in [0.2, 0.25) is 5.02 Å². The van der Waals surface area contributed by atoms with Crippen LogP contribution in [-0.2, 0) is 0 Å². The van der Waals surface area contributed by atoms with Gasteiger partial charge in [0.15, 0.2) is 4.77 Å². The quantitative estimate of drug-likeness (QED) is 0.650. The molecular formula is C13H7ClF2N2S. The molecule has 0 saturated heterocycles. The predicted molar refractivity (Wildman–Crippen MR) is 73.4 cm³/mol. The number of nitrogens with zero attached hydrogens (tertiary/aromatic N) is 1. The summed E-state index contributed by atoms with van der Waals surface area (Å²) in [6, 6.07) is 8.65. The zero-order chi connectivity index (χ0) is 13.6. The fourth-order valence-electron chi connectivity index (χ4n) is 1.99. The van der Waals surface area contributed by atoms with Crippen molar-refractivity contribution >= 4 is 34.9 Å². The zero-order valence-electron chi connectivity index (χ0n) is 9.45. The number of fused-ring (bicyclic) bond motifs is 1. The Morgan fingerprint density at radius 1 is 1.11 bits per heavy atom. The number of nitrogens with one attached hydrogen (secondary N) is 1. The predicted octanol–water partition coefficient (Wildman–Crippen LogP) is 4.62. The van der Waals surface area contributed by atoms with E-state index in [1.54, 1.807) is 12.1 Å². The standard InChI is InChI=1S/C13H7ClF2N2S/c14-7-4-5-8(15)11(6-7)18-10-3-1-2-9(16)12(10)17-13(18)19/h1-6H,(H,17,19). The van der Waals surface area contributed by atoms with Gasteiger partial charge in [0.25, 0.3) is 0 Å². The van der Waals surface area contributed by atoms with Crippen molar-refractivity contribution in [2.45, 2.75) is 0 Å². The third-order valence-electron chi connectivity index (χ3n) is 2.82. The number of benzene rings is 2. The molecule has 96 valence electrons. The van der Waals surface area contributed by atoms with Crippen molar-refractivity contribution < 1.29 is 8.78 Å². The number of hydrogen-bond acceptors (Lipinski definition) is 1. The van der Waals surface area contributed by atoms with Crippen molar-refractivity contribution in [3.8, 4) is 5.69 Å². The van der Waals surface area contributed by atoms with Gasteiger partial charge in [-0.1, -0.05) is 17.7 Å². The maximum absolute atomic E-state index is 13.9. The van der Waals surface area contributed by atoms with E-state index in [9.17, 15) is 8.78 Å². The van der Waals surface area contributed by atoms with E-state index in [1.807, 2.05) is 0 Å². The van der Waals surface area contributed by atoms with Gasteiger partial charge in [0.2, 0.25) is 0 Å². The van der Waals surface area contributed by atoms with Gasteiger partial charge in [0, 0.05) is 5.02 Å². The Morgan fingerprint density at radius 2 is 1.89 bits per heavy atom. The van der Waals surface area contributed by atoms with E-state index < -0.39 is 11.6 Å². The molecule has 0 aliphatic carbocycles. The van der Waals surface area contributed by atoms with Crippen LogP contribution in [0.25, 0.3) is 16.7 Å². The molecule has 0 atom stereocenters. The summed E-state index contributed by atoms with van der Waals surface area (Å²) in [4.78, 5) is 2.73. The van der Waals surface area contributed by atoms with Crippen LogP contribution in [0.3, 0.4) is 0 Å². The molecule has 3 rings (SSSR count). The van der Waals surface area contributed by atoms with E-state index in [-0.39, 0.29) is 16.0 Å². The second kappa shape index (κ2) is 4.43. The van der Waals surface area contributed by atoms with Gasteiger partial charge < -0.3 is 4.98 Å². The molecule has 0 aliphatic rings. The van der Waals surface area contributed by atoms with Gasteiger partial charge in [-0.15, -0.1) is 0 Å². The second-order valence-corrected chi connectivity index (χ2v) is 4.82. The smallest absolute Gasteiger partial charge is 0.182 e. The normalized spacial score (nSPS) is 11.1. The summed E-state index contributed by atoms with van der Waals surface area (Å²) in [5, 5.41) is 0.379. The van der Waals surface area contributed by atoms with Gasteiger partial charge in [-0.2, -0.15) is 0 Å². The highest BCUT2D eigenvalue weighted by atomic mass is 35.5. The maximum Gasteiger partial charge on any atom is 0.182 e. The molecule has 1 N–H and O–H groups in total. The lowest BCUT2D eigenvalue weighted by atomic mass is 10.2. The molecule has 19 heavy (non-hydrogen) atoms. The van der Waals surface area contributed by atoms with E-state index in [0.717, 1.165) is 0 Å². The monoisotopic (exact) mass is 296 g/mol. The van der Waals surface area contributed by atoms with E-state index >= 15 is 0 Å². The van der Waals surface area contributed by atoms with Crippen molar-refractivity contribution in [3.05, 3.63) is 57.8 Å². The SMILES string of the molecule is Fc1ccc(Cl)cc1-n1c(=S)[nH]c2c(F)cccc21. The molecule has 1 heterocycles. The summed E-state index contributed by atoms with van der Waals surface area (Å²) in [7, 11) is 0. The number of halogens is 3. The number of imidazole rings is 1. The molecule has 0 aliphatic heterocycles. The van der Waals surface area contributed by atoms with Gasteiger partial charge in [0.05, 0.1) is 11.2 Å². The molecule has 0 fully saturated rings. The van der Waals surface area contributed by atoms with Crippen LogP contribution in [0.1, 0.15) is 0 Å². The topological polar surface area (TPSA) is 20.7 Å². The van der Waals surface area contributed by atoms with Gasteiger partial charge >= 0.3 is 0 Å². The molecule has 2 nitrogen and oxygen atoms in total. The molecule has 1 aromatic heterocycles. The molecule has 2 aromatic carbocycles. The third-order valence-corrected chi connectivity index (χ3v) is 3.34. The number of hydrogen-bond donors (Lipinski definition) is 1. The van der Waals surface area contributed by atoms with Crippen molar-refractivity contribution in [3.63, 3.8) is 0 Å². The molecule has 0 radical (unpaired) electrons. The lowest BCUT2D eigenvalue weighted by Gasteiger charge is -2.06. The summed E-state index contributed by atoms with van der Waals surface area (Å²) < 4.78 is 29.2. The Labute approximate surface area is 117 Å². The number of rotatable bonds is 1. The van der Waals surface area contributed by atoms with E-state index in [4.69, 9.17) is 23.8 Å². The second-order valence-electron chi connectivity index (χ2n) is 4.00. The van der Waals surface area contributed by atoms with Crippen LogP contribution >= 0.6 is 23.8 Å². The lowest BCUT2D eigenvalue weighted by Crippen LogP contribution is -1.97. The highest BCUT2D eigenvalue weighted by molar-refractivity contribution is 7.71. The van der Waals surface area contributed by atoms with Crippen LogP contribution in [0.15, 0.2) is 36.4 Å². The molecule has 6 heteroatoms. The van der Waals surface area contributed by atoms with Crippen LogP contribution in [-0.4, -0.2) is 9.55 Å². The Kier molecular flexibility index (Phi) is 2.88. The minimum Gasteiger partial charge on any atom is -0.328 e. The van der Waals surface area contributed by atoms with Gasteiger partial charge in [-0.05, 0) is 42.5 Å². The van der Waals surface area contributed by atoms with Crippen LogP contribution in [0, 0.1) is 16.4 Å². The number of para-hydroxylation sites is 1. The Morgan fingerprint density at radius 3 is 2.68 bits per heavy atom. The van der Waals surface area contributed by atoms with E-state index in [0.29, 0.717) is 10.5 Å². The van der Waals surface area contributed by atoms with Crippen molar-refractivity contribution in [2.24, 2.45) is 0 Å². The van der Waals surface area contributed by atoms with Crippen LogP contribution in [0.5, 0.6) is 0 Å². The van der Waals surface area contributed by atoms with E-state index in [1.165, 1.54) is 28.8 Å². The molecular weight excluding hydrogens is 290 g/mol. The average molecular weight is 297 g/mol. The molecule has 3 aromatic rings. The Hall–Kier alpha value is -1.72. The molecule has 0 saturated carbocycles. The van der Waals surface area contributed by atoms with Crippen molar-refractivity contribution in [1.82, 2.24) is 9.55 Å². The minimum atomic E-state index is -0.481. The van der Waals surface area contributed by atoms with Gasteiger partial charge in [-0.25, -0.2) is 8.78 Å². The Balaban J connectivity index is 2.43. The highest BCUT2D eigenvalue weighted by Crippen LogP contribution is 2.25. The maximum atomic E-state index is 13.9. The third kappa shape index (κ3) is 1.95. The first kappa shape index (κ1) is 12.3. The molecule has 0 unspecified atom stereocenters. The first-order valence-corrected chi connectivity index (χ1v) is 6.21. The highest BCUT2D eigenvalue weighted by Gasteiger charge is 2.13. The average Bonchev–Trinajstić information content (AvgIpc) is 2.70. The fourth-order valence-corrected chi connectivity index (χ4v) is 2.46. The summed E-state index contributed by atoms with van der Waals surface area (Å²) >= 11 is 11.0.